The standard InChI is InChI=1S/2C17H23.C7H8Si.2CH3.Zr/c2*1-6-13-7-15-9-14(11(2)3)10-16(12(4)5)17(15)8-13;1-8-7-5-3-2-4-6-7;;;/h2*7-12H,6H2,1-5H3;2-6H,1H3;2*1H3;/q2*-1;;2*-1;+4. The predicted octanol–water partition coefficient (Wildman–Crippen LogP) is 12.7. The van der Waals surface area contributed by atoms with Crippen molar-refractivity contribution in [3.63, 3.8) is 0 Å². The molecule has 0 unspecified atom stereocenters. The fraction of sp³-hybridized carbons (Fsp3) is 0.395. The Morgan fingerprint density at radius 2 is 0.933 bits per heavy atom. The molecule has 5 aromatic rings. The average Bonchev–Trinajstić information content (AvgIpc) is 3.60. The number of rotatable bonds is 7. The van der Waals surface area contributed by atoms with Crippen LogP contribution >= 0.6 is 0 Å². The van der Waals surface area contributed by atoms with Gasteiger partial charge in [0.1, 0.15) is 0 Å². The third kappa shape index (κ3) is 11.6. The second-order valence-electron chi connectivity index (χ2n) is 12.9. The first-order chi connectivity index (χ1) is 20.0. The van der Waals surface area contributed by atoms with Crippen LogP contribution in [0.25, 0.3) is 21.5 Å². The Balaban J connectivity index is 0.000000661. The van der Waals surface area contributed by atoms with E-state index in [1.807, 2.05) is 6.07 Å². The Morgan fingerprint density at radius 3 is 1.20 bits per heavy atom. The number of benzene rings is 3. The first-order valence-electron chi connectivity index (χ1n) is 16.2. The average molecular weight is 696 g/mol. The quantitative estimate of drug-likeness (QED) is 0.117. The molecule has 0 atom stereocenters. The predicted molar refractivity (Wildman–Crippen MR) is 205 cm³/mol. The van der Waals surface area contributed by atoms with Crippen molar-refractivity contribution >= 4 is 36.3 Å². The van der Waals surface area contributed by atoms with Crippen molar-refractivity contribution < 1.29 is 26.2 Å². The largest absolute Gasteiger partial charge is 4.00 e. The summed E-state index contributed by atoms with van der Waals surface area (Å²) in [6.07, 6.45) is 2.26. The van der Waals surface area contributed by atoms with E-state index in [1.165, 1.54) is 60.1 Å². The fourth-order valence-electron chi connectivity index (χ4n) is 5.51. The van der Waals surface area contributed by atoms with Crippen LogP contribution in [0.2, 0.25) is 6.55 Å². The molecule has 0 aromatic heterocycles. The van der Waals surface area contributed by atoms with Gasteiger partial charge in [0.15, 0.2) is 0 Å². The van der Waals surface area contributed by atoms with Crippen molar-refractivity contribution in [1.29, 1.82) is 0 Å². The van der Waals surface area contributed by atoms with Crippen molar-refractivity contribution in [2.45, 2.75) is 112 Å². The first kappa shape index (κ1) is 43.0. The van der Waals surface area contributed by atoms with Crippen LogP contribution in [-0.4, -0.2) is 9.52 Å². The molecule has 0 spiro atoms. The zero-order valence-corrected chi connectivity index (χ0v) is 34.2. The zero-order valence-electron chi connectivity index (χ0n) is 30.7. The van der Waals surface area contributed by atoms with Crippen LogP contribution in [0.4, 0.5) is 0 Å². The summed E-state index contributed by atoms with van der Waals surface area (Å²) in [5.41, 5.74) is 8.87. The van der Waals surface area contributed by atoms with Gasteiger partial charge in [0, 0.05) is 0 Å². The van der Waals surface area contributed by atoms with Gasteiger partial charge < -0.3 is 14.9 Å². The van der Waals surface area contributed by atoms with E-state index in [2.05, 4.69) is 149 Å². The van der Waals surface area contributed by atoms with Gasteiger partial charge >= 0.3 is 26.2 Å². The molecule has 240 valence electrons. The Hall–Kier alpha value is -2.02. The molecular weight excluding hydrogens is 636 g/mol. The molecule has 2 heteroatoms. The Labute approximate surface area is 300 Å². The summed E-state index contributed by atoms with van der Waals surface area (Å²) in [7, 11) is 0.930. The second kappa shape index (κ2) is 20.3. The second-order valence-corrected chi connectivity index (χ2v) is 14.0. The van der Waals surface area contributed by atoms with Gasteiger partial charge in [0.25, 0.3) is 0 Å². The minimum Gasteiger partial charge on any atom is -0.358 e. The third-order valence-electron chi connectivity index (χ3n) is 8.33. The first-order valence-corrected chi connectivity index (χ1v) is 17.7. The van der Waals surface area contributed by atoms with Crippen LogP contribution in [0.1, 0.15) is 126 Å². The van der Waals surface area contributed by atoms with Crippen molar-refractivity contribution in [1.82, 2.24) is 0 Å². The van der Waals surface area contributed by atoms with Crippen molar-refractivity contribution in [2.75, 3.05) is 0 Å². The minimum atomic E-state index is 0. The number of aryl methyl sites for hydroxylation is 2. The molecule has 0 aliphatic carbocycles. The van der Waals surface area contributed by atoms with Gasteiger partial charge in [-0.25, -0.2) is 0 Å². The number of hydrogen-bond donors (Lipinski definition) is 0. The van der Waals surface area contributed by atoms with E-state index >= 15 is 0 Å². The maximum Gasteiger partial charge on any atom is 4.00 e. The molecule has 0 saturated carbocycles. The molecule has 5 aromatic carbocycles. The summed E-state index contributed by atoms with van der Waals surface area (Å²) < 4.78 is 0. The molecule has 2 radical (unpaired) electrons. The zero-order chi connectivity index (χ0) is 31.0. The smallest absolute Gasteiger partial charge is 0.358 e. The summed E-state index contributed by atoms with van der Waals surface area (Å²) in [5, 5.41) is 7.21. The molecule has 0 fully saturated rings. The maximum absolute atomic E-state index is 2.40. The molecule has 5 rings (SSSR count). The molecular formula is C43H60SiZr. The van der Waals surface area contributed by atoms with E-state index in [9.17, 15) is 0 Å². The van der Waals surface area contributed by atoms with Gasteiger partial charge in [0.05, 0.1) is 9.52 Å². The van der Waals surface area contributed by atoms with E-state index < -0.39 is 0 Å². The van der Waals surface area contributed by atoms with E-state index in [-0.39, 0.29) is 41.1 Å². The SMILES string of the molecule is CCc1cc2c(C(C)C)cc(C(C)C)cc2[cH-]1.CCc1cc2c(C(C)C)cc(C(C)C)cc2[cH-]1.C[Si]c1ccccc1.[CH3-].[CH3-].[Zr+4]. The molecule has 0 saturated heterocycles. The van der Waals surface area contributed by atoms with Crippen LogP contribution in [0.5, 0.6) is 0 Å². The van der Waals surface area contributed by atoms with E-state index in [0.29, 0.717) is 23.7 Å². The molecule has 45 heavy (non-hydrogen) atoms. The molecule has 0 aliphatic rings. The molecule has 0 aliphatic heterocycles. The van der Waals surface area contributed by atoms with Gasteiger partial charge in [-0.3, -0.25) is 0 Å². The maximum atomic E-state index is 2.40. The Kier molecular flexibility index (Phi) is 19.4. The van der Waals surface area contributed by atoms with E-state index in [0.717, 1.165) is 22.4 Å². The third-order valence-corrected chi connectivity index (χ3v) is 9.24. The van der Waals surface area contributed by atoms with Gasteiger partial charge in [-0.15, -0.1) is 56.9 Å². The Morgan fingerprint density at radius 1 is 0.556 bits per heavy atom. The summed E-state index contributed by atoms with van der Waals surface area (Å²) in [6.45, 7) is 24.9. The van der Waals surface area contributed by atoms with Crippen molar-refractivity contribution in [2.24, 2.45) is 0 Å². The summed E-state index contributed by atoms with van der Waals surface area (Å²) in [5.74, 6) is 2.42. The van der Waals surface area contributed by atoms with Crippen LogP contribution in [0, 0.1) is 14.9 Å². The van der Waals surface area contributed by atoms with E-state index in [4.69, 9.17) is 0 Å². The topological polar surface area (TPSA) is 0 Å². The monoisotopic (exact) mass is 694 g/mol. The minimum absolute atomic E-state index is 0. The number of fused-ring (bicyclic) bond motifs is 2. The molecule has 0 nitrogen and oxygen atoms in total. The van der Waals surface area contributed by atoms with E-state index in [1.54, 1.807) is 0 Å². The van der Waals surface area contributed by atoms with Crippen molar-refractivity contribution in [3.8, 4) is 0 Å². The van der Waals surface area contributed by atoms with Crippen LogP contribution in [0.3, 0.4) is 0 Å². The summed E-state index contributed by atoms with van der Waals surface area (Å²) in [6, 6.07) is 29.5. The van der Waals surface area contributed by atoms with Gasteiger partial charge in [-0.1, -0.05) is 146 Å². The molecule has 0 amide bonds. The molecule has 0 bridgehead atoms. The van der Waals surface area contributed by atoms with Crippen LogP contribution in [-0.2, 0) is 39.0 Å². The molecule has 0 N–H and O–H groups in total. The van der Waals surface area contributed by atoms with Gasteiger partial charge in [-0.05, 0) is 36.5 Å². The Bertz CT molecular complexity index is 1430. The van der Waals surface area contributed by atoms with Gasteiger partial charge in [-0.2, -0.15) is 12.1 Å². The summed E-state index contributed by atoms with van der Waals surface area (Å²) >= 11 is 0. The normalized spacial score (nSPS) is 10.6. The van der Waals surface area contributed by atoms with Crippen LogP contribution < -0.4 is 5.19 Å². The fourth-order valence-corrected chi connectivity index (χ4v) is 6.03. The van der Waals surface area contributed by atoms with Crippen molar-refractivity contribution in [3.05, 3.63) is 127 Å². The van der Waals surface area contributed by atoms with Gasteiger partial charge in [0.2, 0.25) is 0 Å². The summed E-state index contributed by atoms with van der Waals surface area (Å²) in [4.78, 5) is 0. The number of hydrogen-bond acceptors (Lipinski definition) is 0. The van der Waals surface area contributed by atoms with Crippen LogP contribution in [0.15, 0.2) is 78.9 Å². The molecule has 0 heterocycles.